The number of sulfone groups is 1. The van der Waals surface area contributed by atoms with Crippen LogP contribution in [0.3, 0.4) is 0 Å². The summed E-state index contributed by atoms with van der Waals surface area (Å²) in [6, 6.07) is 2.79. The number of carbonyl (C=O) groups is 1. The third kappa shape index (κ3) is 4.28. The van der Waals surface area contributed by atoms with E-state index in [0.717, 1.165) is 18.4 Å². The molecule has 1 amide bonds. The first-order chi connectivity index (χ1) is 10.7. The van der Waals surface area contributed by atoms with Crippen molar-refractivity contribution in [3.05, 3.63) is 47.3 Å². The molecule has 0 radical (unpaired) electrons. The molecule has 23 heavy (non-hydrogen) atoms. The van der Waals surface area contributed by atoms with Gasteiger partial charge in [-0.15, -0.1) is 0 Å². The molecular formula is C14H13F2N3O3S. The van der Waals surface area contributed by atoms with Crippen molar-refractivity contribution in [2.45, 2.75) is 18.5 Å². The summed E-state index contributed by atoms with van der Waals surface area (Å²) in [6.07, 6.45) is 2.04. The van der Waals surface area contributed by atoms with Gasteiger partial charge in [-0.2, -0.15) is 0 Å². The van der Waals surface area contributed by atoms with E-state index in [9.17, 15) is 22.0 Å². The Balaban J connectivity index is 2.14. The molecule has 0 aliphatic heterocycles. The maximum Gasteiger partial charge on any atom is 0.246 e. The minimum absolute atomic E-state index is 0.150. The molecule has 9 heteroatoms. The van der Waals surface area contributed by atoms with Crippen molar-refractivity contribution in [3.63, 3.8) is 0 Å². The maximum absolute atomic E-state index is 13.5. The Bertz CT molecular complexity index is 870. The van der Waals surface area contributed by atoms with E-state index in [1.54, 1.807) is 0 Å². The van der Waals surface area contributed by atoms with Crippen molar-refractivity contribution in [2.75, 3.05) is 11.6 Å². The van der Waals surface area contributed by atoms with Crippen molar-refractivity contribution in [2.24, 2.45) is 0 Å². The first-order valence-corrected chi connectivity index (χ1v) is 8.33. The second kappa shape index (κ2) is 6.37. The molecule has 1 heterocycles. The van der Waals surface area contributed by atoms with Gasteiger partial charge in [-0.1, -0.05) is 0 Å². The number of nitrogens with zero attached hydrogens (tertiary/aromatic N) is 2. The molecule has 0 saturated carbocycles. The molecule has 6 nitrogen and oxygen atoms in total. The number of benzene rings is 1. The summed E-state index contributed by atoms with van der Waals surface area (Å²) >= 11 is 0. The Morgan fingerprint density at radius 2 is 2.00 bits per heavy atom. The Labute approximate surface area is 131 Å². The molecule has 122 valence electrons. The Hall–Kier alpha value is -2.42. The van der Waals surface area contributed by atoms with Crippen LogP contribution in [0.4, 0.5) is 14.5 Å². The van der Waals surface area contributed by atoms with Crippen molar-refractivity contribution in [1.82, 2.24) is 9.97 Å². The van der Waals surface area contributed by atoms with Crippen molar-refractivity contribution in [1.29, 1.82) is 0 Å². The first-order valence-electron chi connectivity index (χ1n) is 6.44. The minimum Gasteiger partial charge on any atom is -0.323 e. The van der Waals surface area contributed by atoms with Gasteiger partial charge < -0.3 is 5.32 Å². The number of aryl methyl sites for hydroxylation is 1. The third-order valence-electron chi connectivity index (χ3n) is 2.95. The number of carbonyl (C=O) groups excluding carboxylic acids is 1. The fraction of sp³-hybridized carbons (Fsp3) is 0.214. The molecule has 1 aromatic carbocycles. The normalized spacial score (nSPS) is 11.3. The minimum atomic E-state index is -3.54. The predicted octanol–water partition coefficient (Wildman–Crippen LogP) is 1.65. The van der Waals surface area contributed by atoms with Crippen LogP contribution >= 0.6 is 0 Å². The number of nitrogens with one attached hydrogen (secondary N) is 1. The van der Waals surface area contributed by atoms with Crippen molar-refractivity contribution < 1.29 is 22.0 Å². The van der Waals surface area contributed by atoms with Crippen LogP contribution in [0.1, 0.15) is 11.3 Å². The molecule has 0 fully saturated rings. The van der Waals surface area contributed by atoms with Gasteiger partial charge >= 0.3 is 0 Å². The molecule has 0 spiro atoms. The molecule has 2 aromatic rings. The molecule has 0 aliphatic rings. The lowest BCUT2D eigenvalue weighted by Gasteiger charge is -2.08. The van der Waals surface area contributed by atoms with Gasteiger partial charge in [-0.05, 0) is 19.1 Å². The van der Waals surface area contributed by atoms with Gasteiger partial charge in [0.15, 0.2) is 0 Å². The number of halogens is 2. The smallest absolute Gasteiger partial charge is 0.246 e. The highest BCUT2D eigenvalue weighted by Crippen LogP contribution is 2.16. The Morgan fingerprint density at radius 1 is 1.30 bits per heavy atom. The van der Waals surface area contributed by atoms with Gasteiger partial charge in [0.1, 0.15) is 11.6 Å². The van der Waals surface area contributed by atoms with Crippen LogP contribution in [0, 0.1) is 18.6 Å². The number of rotatable bonds is 4. The summed E-state index contributed by atoms with van der Waals surface area (Å²) in [5.74, 6) is -2.20. The van der Waals surface area contributed by atoms with Gasteiger partial charge in [-0.3, -0.25) is 4.79 Å². The Kier molecular flexibility index (Phi) is 4.69. The lowest BCUT2D eigenvalue weighted by molar-refractivity contribution is -0.115. The number of anilines is 1. The van der Waals surface area contributed by atoms with Crippen LogP contribution in [0.5, 0.6) is 0 Å². The Morgan fingerprint density at radius 3 is 2.57 bits per heavy atom. The quantitative estimate of drug-likeness (QED) is 0.854. The number of amides is 1. The van der Waals surface area contributed by atoms with Crippen molar-refractivity contribution >= 4 is 21.4 Å². The third-order valence-corrected chi connectivity index (χ3v) is 3.81. The van der Waals surface area contributed by atoms with E-state index in [-0.39, 0.29) is 17.3 Å². The summed E-state index contributed by atoms with van der Waals surface area (Å²) < 4.78 is 49.0. The summed E-state index contributed by atoms with van der Waals surface area (Å²) in [5, 5.41) is 1.97. The van der Waals surface area contributed by atoms with Gasteiger partial charge in [0.2, 0.25) is 20.9 Å². The monoisotopic (exact) mass is 341 g/mol. The van der Waals surface area contributed by atoms with E-state index in [1.807, 2.05) is 0 Å². The highest BCUT2D eigenvalue weighted by atomic mass is 32.2. The summed E-state index contributed by atoms with van der Waals surface area (Å²) in [6.45, 7) is 1.54. The van der Waals surface area contributed by atoms with Crippen molar-refractivity contribution in [3.8, 4) is 0 Å². The van der Waals surface area contributed by atoms with Gasteiger partial charge in [0.25, 0.3) is 0 Å². The zero-order chi connectivity index (χ0) is 17.2. The molecule has 1 N–H and O–H groups in total. The second-order valence-electron chi connectivity index (χ2n) is 4.88. The average Bonchev–Trinajstić information content (AvgIpc) is 2.43. The lowest BCUT2D eigenvalue weighted by Crippen LogP contribution is -2.17. The molecule has 1 aromatic heterocycles. The summed E-state index contributed by atoms with van der Waals surface area (Å²) in [7, 11) is -3.54. The topological polar surface area (TPSA) is 89.0 Å². The predicted molar refractivity (Wildman–Crippen MR) is 78.6 cm³/mol. The first kappa shape index (κ1) is 16.9. The summed E-state index contributed by atoms with van der Waals surface area (Å²) in [5.41, 5.74) is 0.579. The van der Waals surface area contributed by atoms with E-state index in [4.69, 9.17) is 0 Å². The van der Waals surface area contributed by atoms with E-state index < -0.39 is 27.4 Å². The summed E-state index contributed by atoms with van der Waals surface area (Å²) in [4.78, 5) is 19.4. The zero-order valence-electron chi connectivity index (χ0n) is 12.3. The standard InChI is InChI=1S/C14H13F2N3O3S/c1-8-9(7-17-14(18-8)23(2,21)22)5-13(20)19-12-4-3-10(15)6-11(12)16/h3-4,6-7H,5H2,1-2H3,(H,19,20). The highest BCUT2D eigenvalue weighted by molar-refractivity contribution is 7.90. The van der Waals surface area contributed by atoms with Crippen LogP contribution in [0.2, 0.25) is 0 Å². The number of aromatic nitrogens is 2. The molecule has 2 rings (SSSR count). The second-order valence-corrected chi connectivity index (χ2v) is 6.79. The van der Waals surface area contributed by atoms with Crippen LogP contribution in [0.25, 0.3) is 0 Å². The molecular weight excluding hydrogens is 328 g/mol. The molecule has 0 unspecified atom stereocenters. The van der Waals surface area contributed by atoms with Gasteiger partial charge in [-0.25, -0.2) is 27.2 Å². The molecule has 0 bridgehead atoms. The van der Waals surface area contributed by atoms with Crippen LogP contribution in [-0.2, 0) is 21.1 Å². The number of hydrogen-bond donors (Lipinski definition) is 1. The van der Waals surface area contributed by atoms with Crippen LogP contribution < -0.4 is 5.32 Å². The van der Waals surface area contributed by atoms with E-state index in [0.29, 0.717) is 17.3 Å². The van der Waals surface area contributed by atoms with Crippen LogP contribution in [-0.4, -0.2) is 30.5 Å². The average molecular weight is 341 g/mol. The highest BCUT2D eigenvalue weighted by Gasteiger charge is 2.15. The fourth-order valence-electron chi connectivity index (χ4n) is 1.78. The molecule has 0 aliphatic carbocycles. The van der Waals surface area contributed by atoms with Crippen LogP contribution in [0.15, 0.2) is 29.6 Å². The largest absolute Gasteiger partial charge is 0.323 e. The maximum atomic E-state index is 13.5. The molecule has 0 atom stereocenters. The SMILES string of the molecule is Cc1nc(S(C)(=O)=O)ncc1CC(=O)Nc1ccc(F)cc1F. The van der Waals surface area contributed by atoms with Gasteiger partial charge in [0, 0.05) is 29.8 Å². The zero-order valence-corrected chi connectivity index (χ0v) is 13.1. The van der Waals surface area contributed by atoms with E-state index >= 15 is 0 Å². The van der Waals surface area contributed by atoms with E-state index in [1.165, 1.54) is 13.1 Å². The molecule has 0 saturated heterocycles. The van der Waals surface area contributed by atoms with E-state index in [2.05, 4.69) is 15.3 Å². The van der Waals surface area contributed by atoms with Gasteiger partial charge in [0.05, 0.1) is 12.1 Å². The fourth-order valence-corrected chi connectivity index (χ4v) is 2.33. The lowest BCUT2D eigenvalue weighted by atomic mass is 10.1. The number of hydrogen-bond acceptors (Lipinski definition) is 5.